The molecule has 2 heteroatoms. The number of likely N-dealkylation sites (tertiary alicyclic amines) is 1. The Bertz CT molecular complexity index is 260. The zero-order valence-corrected chi connectivity index (χ0v) is 10.5. The van der Waals surface area contributed by atoms with Crippen LogP contribution >= 0.6 is 0 Å². The van der Waals surface area contributed by atoms with Crippen LogP contribution in [0.4, 0.5) is 0 Å². The molecule has 0 spiro atoms. The summed E-state index contributed by atoms with van der Waals surface area (Å²) in [5.41, 5.74) is 1.40. The average molecular weight is 221 g/mol. The van der Waals surface area contributed by atoms with Gasteiger partial charge in [-0.15, -0.1) is 0 Å². The summed E-state index contributed by atoms with van der Waals surface area (Å²) in [5, 5.41) is 0. The highest BCUT2D eigenvalue weighted by molar-refractivity contribution is 5.53. The van der Waals surface area contributed by atoms with Gasteiger partial charge in [-0.2, -0.15) is 0 Å². The van der Waals surface area contributed by atoms with Gasteiger partial charge in [0.2, 0.25) is 0 Å². The molecule has 0 aliphatic carbocycles. The molecule has 0 radical (unpaired) electrons. The lowest BCUT2D eigenvalue weighted by atomic mass is 9.98. The predicted molar refractivity (Wildman–Crippen MR) is 68.4 cm³/mol. The van der Waals surface area contributed by atoms with Gasteiger partial charge in [-0.05, 0) is 39.3 Å². The fourth-order valence-electron chi connectivity index (χ4n) is 2.02. The van der Waals surface area contributed by atoms with Crippen molar-refractivity contribution in [2.45, 2.75) is 33.1 Å². The summed E-state index contributed by atoms with van der Waals surface area (Å²) < 4.78 is 0. The Kier molecular flexibility index (Phi) is 6.09. The molecule has 0 aromatic heterocycles. The van der Waals surface area contributed by atoms with Crippen LogP contribution in [0.3, 0.4) is 0 Å². The van der Waals surface area contributed by atoms with Crippen LogP contribution < -0.4 is 0 Å². The molecule has 0 N–H and O–H groups in total. The molecule has 1 fully saturated rings. The van der Waals surface area contributed by atoms with Gasteiger partial charge >= 0.3 is 0 Å². The smallest absolute Gasteiger partial charge is 0.123 e. The Balaban J connectivity index is 2.30. The van der Waals surface area contributed by atoms with Crippen molar-refractivity contribution in [3.63, 3.8) is 0 Å². The van der Waals surface area contributed by atoms with Gasteiger partial charge in [0.05, 0.1) is 0 Å². The Labute approximate surface area is 99.0 Å². The first-order valence-corrected chi connectivity index (χ1v) is 6.26. The number of rotatable bonds is 5. The number of hydrogen-bond donors (Lipinski definition) is 0. The van der Waals surface area contributed by atoms with Crippen molar-refractivity contribution in [1.29, 1.82) is 0 Å². The molecule has 1 rings (SSSR count). The van der Waals surface area contributed by atoms with E-state index < -0.39 is 0 Å². The van der Waals surface area contributed by atoms with Crippen LogP contribution in [0.15, 0.2) is 23.8 Å². The van der Waals surface area contributed by atoms with Crippen molar-refractivity contribution in [2.24, 2.45) is 5.92 Å². The number of nitrogens with zero attached hydrogens (tertiary/aromatic N) is 1. The summed E-state index contributed by atoms with van der Waals surface area (Å²) in [6, 6.07) is 0. The molecule has 1 saturated heterocycles. The molecular formula is C14H23NO. The van der Waals surface area contributed by atoms with Gasteiger partial charge in [0, 0.05) is 12.5 Å². The second-order valence-corrected chi connectivity index (χ2v) is 4.60. The van der Waals surface area contributed by atoms with E-state index >= 15 is 0 Å². The van der Waals surface area contributed by atoms with Gasteiger partial charge in [-0.1, -0.05) is 30.7 Å². The summed E-state index contributed by atoms with van der Waals surface area (Å²) in [4.78, 5) is 13.1. The minimum Gasteiger partial charge on any atom is -0.303 e. The van der Waals surface area contributed by atoms with Crippen LogP contribution in [0.2, 0.25) is 0 Å². The fourth-order valence-corrected chi connectivity index (χ4v) is 2.02. The summed E-state index contributed by atoms with van der Waals surface area (Å²) in [7, 11) is 0. The van der Waals surface area contributed by atoms with Gasteiger partial charge in [-0.3, -0.25) is 4.90 Å². The number of allylic oxidation sites excluding steroid dienone is 3. The quantitative estimate of drug-likeness (QED) is 0.525. The largest absolute Gasteiger partial charge is 0.303 e. The minimum absolute atomic E-state index is 0.306. The molecule has 0 aromatic carbocycles. The van der Waals surface area contributed by atoms with E-state index in [0.717, 1.165) is 45.2 Å². The van der Waals surface area contributed by atoms with Crippen molar-refractivity contribution in [1.82, 2.24) is 4.90 Å². The highest BCUT2D eigenvalue weighted by Crippen LogP contribution is 2.15. The number of aldehydes is 1. The Morgan fingerprint density at radius 3 is 2.62 bits per heavy atom. The summed E-state index contributed by atoms with van der Waals surface area (Å²) >= 11 is 0. The predicted octanol–water partition coefficient (Wildman–Crippen LogP) is 2.81. The molecule has 0 atom stereocenters. The van der Waals surface area contributed by atoms with E-state index in [2.05, 4.69) is 37.0 Å². The summed E-state index contributed by atoms with van der Waals surface area (Å²) in [6.07, 6.45) is 10.8. The lowest BCUT2D eigenvalue weighted by Gasteiger charge is -2.29. The van der Waals surface area contributed by atoms with Crippen LogP contribution in [0.5, 0.6) is 0 Å². The average Bonchev–Trinajstić information content (AvgIpc) is 2.30. The van der Waals surface area contributed by atoms with E-state index in [-0.39, 0.29) is 0 Å². The molecular weight excluding hydrogens is 198 g/mol. The van der Waals surface area contributed by atoms with Gasteiger partial charge in [0.25, 0.3) is 0 Å². The van der Waals surface area contributed by atoms with Crippen molar-refractivity contribution in [3.05, 3.63) is 23.8 Å². The first-order chi connectivity index (χ1) is 7.76. The third kappa shape index (κ3) is 4.75. The normalized spacial score (nSPS) is 20.5. The van der Waals surface area contributed by atoms with E-state index in [1.54, 1.807) is 0 Å². The van der Waals surface area contributed by atoms with Gasteiger partial charge in [0.15, 0.2) is 0 Å². The maximum Gasteiger partial charge on any atom is 0.123 e. The molecule has 1 aliphatic rings. The molecule has 16 heavy (non-hydrogen) atoms. The van der Waals surface area contributed by atoms with Crippen LogP contribution in [0.1, 0.15) is 33.1 Å². The number of hydrogen-bond acceptors (Lipinski definition) is 2. The van der Waals surface area contributed by atoms with Crippen molar-refractivity contribution >= 4 is 6.29 Å². The molecule has 1 aliphatic heterocycles. The van der Waals surface area contributed by atoms with E-state index in [4.69, 9.17) is 0 Å². The number of carbonyl (C=O) groups is 1. The standard InChI is InChI=1S/C14H23NO/c1-3-4-5-6-13(2)11-15-9-7-14(12-16)8-10-15/h4-6,12,14H,3,7-11H2,1-2H3/b5-4-,13-6+. The van der Waals surface area contributed by atoms with Crippen LogP contribution in [0.25, 0.3) is 0 Å². The Morgan fingerprint density at radius 2 is 2.06 bits per heavy atom. The molecule has 0 bridgehead atoms. The third-order valence-electron chi connectivity index (χ3n) is 3.05. The number of carbonyl (C=O) groups excluding carboxylic acids is 1. The highest BCUT2D eigenvalue weighted by Gasteiger charge is 2.17. The monoisotopic (exact) mass is 221 g/mol. The third-order valence-corrected chi connectivity index (χ3v) is 3.05. The second-order valence-electron chi connectivity index (χ2n) is 4.60. The van der Waals surface area contributed by atoms with Crippen molar-refractivity contribution in [2.75, 3.05) is 19.6 Å². The van der Waals surface area contributed by atoms with Gasteiger partial charge in [-0.25, -0.2) is 0 Å². The maximum absolute atomic E-state index is 10.6. The van der Waals surface area contributed by atoms with Crippen LogP contribution in [-0.2, 0) is 4.79 Å². The molecule has 90 valence electrons. The molecule has 0 unspecified atom stereocenters. The summed E-state index contributed by atoms with van der Waals surface area (Å²) in [5.74, 6) is 0.306. The van der Waals surface area contributed by atoms with Crippen molar-refractivity contribution < 1.29 is 4.79 Å². The molecule has 0 amide bonds. The first-order valence-electron chi connectivity index (χ1n) is 6.26. The molecule has 1 heterocycles. The van der Waals surface area contributed by atoms with Gasteiger partial charge < -0.3 is 4.79 Å². The number of piperidine rings is 1. The Morgan fingerprint density at radius 1 is 1.38 bits per heavy atom. The summed E-state index contributed by atoms with van der Waals surface area (Å²) in [6.45, 7) is 7.48. The van der Waals surface area contributed by atoms with Gasteiger partial charge in [0.1, 0.15) is 6.29 Å². The molecule has 0 saturated carbocycles. The van der Waals surface area contributed by atoms with Crippen molar-refractivity contribution in [3.8, 4) is 0 Å². The zero-order valence-electron chi connectivity index (χ0n) is 10.5. The van der Waals surface area contributed by atoms with E-state index in [9.17, 15) is 4.79 Å². The van der Waals surface area contributed by atoms with Crippen LogP contribution in [0, 0.1) is 5.92 Å². The van der Waals surface area contributed by atoms with E-state index in [1.165, 1.54) is 5.57 Å². The molecule has 0 aromatic rings. The SMILES string of the molecule is CC/C=C\C=C(/C)CN1CCC(C=O)CC1. The fraction of sp³-hybridized carbons (Fsp3) is 0.643. The lowest BCUT2D eigenvalue weighted by Crippen LogP contribution is -2.35. The topological polar surface area (TPSA) is 20.3 Å². The maximum atomic E-state index is 10.6. The molecule has 2 nitrogen and oxygen atoms in total. The van der Waals surface area contributed by atoms with E-state index in [0.29, 0.717) is 5.92 Å². The second kappa shape index (κ2) is 7.39. The van der Waals surface area contributed by atoms with E-state index in [1.807, 2.05) is 0 Å². The zero-order chi connectivity index (χ0) is 11.8. The lowest BCUT2D eigenvalue weighted by molar-refractivity contribution is -0.112. The Hall–Kier alpha value is -0.890. The first kappa shape index (κ1) is 13.2. The van der Waals surface area contributed by atoms with Crippen LogP contribution in [-0.4, -0.2) is 30.8 Å². The minimum atomic E-state index is 0.306. The highest BCUT2D eigenvalue weighted by atomic mass is 16.1.